The zero-order chi connectivity index (χ0) is 13.3. The first kappa shape index (κ1) is 12.6. The van der Waals surface area contributed by atoms with E-state index in [1.54, 1.807) is 6.07 Å². The fourth-order valence-corrected chi connectivity index (χ4v) is 1.69. The molecule has 94 valence electrons. The maximum atomic E-state index is 8.98. The van der Waals surface area contributed by atoms with Crippen molar-refractivity contribution >= 4 is 27.6 Å². The third-order valence-corrected chi connectivity index (χ3v) is 2.90. The van der Waals surface area contributed by atoms with Crippen LogP contribution >= 0.6 is 15.9 Å². The minimum absolute atomic E-state index is 0.114. The van der Waals surface area contributed by atoms with Crippen LogP contribution in [0.15, 0.2) is 15.2 Å². The Hall–Kier alpha value is -1.81. The van der Waals surface area contributed by atoms with Crippen LogP contribution in [0.5, 0.6) is 0 Å². The van der Waals surface area contributed by atoms with Crippen molar-refractivity contribution in [3.8, 4) is 6.07 Å². The molecule has 2 heterocycles. The van der Waals surface area contributed by atoms with Crippen LogP contribution in [0.2, 0.25) is 0 Å². The summed E-state index contributed by atoms with van der Waals surface area (Å²) in [6.07, 6.45) is 0. The van der Waals surface area contributed by atoms with Crippen molar-refractivity contribution < 1.29 is 4.52 Å². The molecule has 0 radical (unpaired) electrons. The van der Waals surface area contributed by atoms with E-state index in [1.165, 1.54) is 0 Å². The predicted octanol–water partition coefficient (Wildman–Crippen LogP) is 3.07. The highest BCUT2D eigenvalue weighted by Crippen LogP contribution is 2.27. The minimum atomic E-state index is -0.114. The average molecular weight is 310 g/mol. The van der Waals surface area contributed by atoms with Gasteiger partial charge in [-0.15, -0.1) is 0 Å². The number of halogens is 1. The van der Waals surface area contributed by atoms with E-state index in [2.05, 4.69) is 36.6 Å². The van der Waals surface area contributed by atoms with Gasteiger partial charge in [0.2, 0.25) is 0 Å². The van der Waals surface area contributed by atoms with Crippen LogP contribution in [0, 0.1) is 11.3 Å². The van der Waals surface area contributed by atoms with E-state index in [0.29, 0.717) is 21.8 Å². The lowest BCUT2D eigenvalue weighted by Gasteiger charge is -2.11. The van der Waals surface area contributed by atoms with E-state index in [4.69, 9.17) is 9.78 Å². The lowest BCUT2D eigenvalue weighted by Crippen LogP contribution is -2.09. The van der Waals surface area contributed by atoms with Crippen molar-refractivity contribution in [3.63, 3.8) is 0 Å². The summed E-state index contributed by atoms with van der Waals surface area (Å²) in [6.45, 7) is 6.09. The molecule has 0 fully saturated rings. The van der Waals surface area contributed by atoms with Crippen molar-refractivity contribution in [3.05, 3.63) is 22.0 Å². The molecule has 0 aromatic carbocycles. The molecule has 0 unspecified atom stereocenters. The monoisotopic (exact) mass is 309 g/mol. The molecule has 2 aromatic heterocycles. The van der Waals surface area contributed by atoms with Gasteiger partial charge < -0.3 is 9.84 Å². The van der Waals surface area contributed by atoms with E-state index in [1.807, 2.05) is 26.8 Å². The predicted molar refractivity (Wildman–Crippen MR) is 69.5 cm³/mol. The van der Waals surface area contributed by atoms with Crippen molar-refractivity contribution in [2.75, 3.05) is 5.32 Å². The first-order valence-corrected chi connectivity index (χ1v) is 6.09. The molecule has 0 amide bonds. The van der Waals surface area contributed by atoms with Crippen LogP contribution in [0.4, 0.5) is 11.6 Å². The summed E-state index contributed by atoms with van der Waals surface area (Å²) in [7, 11) is 0. The number of hydrogen-bond donors (Lipinski definition) is 2. The van der Waals surface area contributed by atoms with Gasteiger partial charge in [0, 0.05) is 11.5 Å². The van der Waals surface area contributed by atoms with E-state index in [0.717, 1.165) is 5.76 Å². The number of nitrogens with one attached hydrogen (secondary N) is 2. The number of H-pyrrole nitrogens is 1. The van der Waals surface area contributed by atoms with E-state index in [-0.39, 0.29) is 5.41 Å². The maximum Gasteiger partial charge on any atom is 0.175 e. The molecule has 0 aliphatic carbocycles. The molecule has 2 aromatic rings. The van der Waals surface area contributed by atoms with Gasteiger partial charge in [0.1, 0.15) is 22.0 Å². The van der Waals surface area contributed by atoms with Crippen LogP contribution in [0.1, 0.15) is 32.1 Å². The minimum Gasteiger partial charge on any atom is -0.359 e. The molecule has 0 bridgehead atoms. The third-order valence-electron chi connectivity index (χ3n) is 2.33. The Labute approximate surface area is 112 Å². The molecule has 0 saturated carbocycles. The van der Waals surface area contributed by atoms with Gasteiger partial charge in [0.15, 0.2) is 11.6 Å². The number of hydrogen-bond acceptors (Lipinski definition) is 5. The lowest BCUT2D eigenvalue weighted by atomic mass is 9.93. The third kappa shape index (κ3) is 2.38. The van der Waals surface area contributed by atoms with Crippen LogP contribution in [-0.4, -0.2) is 15.4 Å². The van der Waals surface area contributed by atoms with E-state index >= 15 is 0 Å². The molecule has 0 saturated heterocycles. The smallest absolute Gasteiger partial charge is 0.175 e. The highest BCUT2D eigenvalue weighted by Gasteiger charge is 2.20. The molecule has 2 rings (SSSR count). The van der Waals surface area contributed by atoms with Gasteiger partial charge in [-0.2, -0.15) is 10.4 Å². The Morgan fingerprint density at radius 1 is 1.50 bits per heavy atom. The number of nitriles is 1. The highest BCUT2D eigenvalue weighted by atomic mass is 79.9. The van der Waals surface area contributed by atoms with Gasteiger partial charge in [-0.25, -0.2) is 0 Å². The summed E-state index contributed by atoms with van der Waals surface area (Å²) in [6, 6.07) is 3.84. The summed E-state index contributed by atoms with van der Waals surface area (Å²) in [5.41, 5.74) is 0.284. The van der Waals surface area contributed by atoms with Crippen molar-refractivity contribution in [2.24, 2.45) is 0 Å². The second-order valence-electron chi connectivity index (χ2n) is 4.82. The SMILES string of the molecule is CC(C)(C)c1cc(Nc2n[nH]c(Br)c2C#N)no1. The Morgan fingerprint density at radius 2 is 2.22 bits per heavy atom. The molecular weight excluding hydrogens is 298 g/mol. The van der Waals surface area contributed by atoms with E-state index < -0.39 is 0 Å². The largest absolute Gasteiger partial charge is 0.359 e. The van der Waals surface area contributed by atoms with Crippen LogP contribution < -0.4 is 5.32 Å². The van der Waals surface area contributed by atoms with Gasteiger partial charge in [-0.3, -0.25) is 5.10 Å². The van der Waals surface area contributed by atoms with Crippen molar-refractivity contribution in [2.45, 2.75) is 26.2 Å². The topological polar surface area (TPSA) is 90.5 Å². The number of anilines is 2. The summed E-state index contributed by atoms with van der Waals surface area (Å²) in [5, 5.41) is 22.4. The van der Waals surface area contributed by atoms with Crippen LogP contribution in [0.25, 0.3) is 0 Å². The standard InChI is InChI=1S/C11H12BrN5O/c1-11(2,3)7-4-8(17-18-7)14-10-6(5-13)9(12)15-16-10/h4H,1-3H3,(H2,14,15,16,17). The van der Waals surface area contributed by atoms with E-state index in [9.17, 15) is 0 Å². The van der Waals surface area contributed by atoms with Crippen molar-refractivity contribution in [1.29, 1.82) is 5.26 Å². The molecule has 0 atom stereocenters. The van der Waals surface area contributed by atoms with Gasteiger partial charge >= 0.3 is 0 Å². The number of nitrogens with zero attached hydrogens (tertiary/aromatic N) is 3. The number of aromatic nitrogens is 3. The van der Waals surface area contributed by atoms with Gasteiger partial charge in [0.25, 0.3) is 0 Å². The zero-order valence-corrected chi connectivity index (χ0v) is 11.8. The summed E-state index contributed by atoms with van der Waals surface area (Å²) in [5.74, 6) is 1.70. The Bertz CT molecular complexity index is 602. The Kier molecular flexibility index (Phi) is 3.13. The van der Waals surface area contributed by atoms with Gasteiger partial charge in [-0.05, 0) is 15.9 Å². The second kappa shape index (κ2) is 4.46. The molecule has 0 spiro atoms. The highest BCUT2D eigenvalue weighted by molar-refractivity contribution is 9.10. The summed E-state index contributed by atoms with van der Waals surface area (Å²) in [4.78, 5) is 0. The van der Waals surface area contributed by atoms with Crippen LogP contribution in [-0.2, 0) is 5.41 Å². The average Bonchev–Trinajstić information content (AvgIpc) is 2.86. The second-order valence-corrected chi connectivity index (χ2v) is 5.62. The van der Waals surface area contributed by atoms with Crippen molar-refractivity contribution in [1.82, 2.24) is 15.4 Å². The summed E-state index contributed by atoms with van der Waals surface area (Å²) >= 11 is 3.20. The van der Waals surface area contributed by atoms with Gasteiger partial charge in [0.05, 0.1) is 0 Å². The molecule has 7 heteroatoms. The Balaban J connectivity index is 2.25. The molecule has 0 aliphatic heterocycles. The van der Waals surface area contributed by atoms with Crippen LogP contribution in [0.3, 0.4) is 0 Å². The fraction of sp³-hybridized carbons (Fsp3) is 0.364. The summed E-state index contributed by atoms with van der Waals surface area (Å²) < 4.78 is 5.77. The molecule has 0 aliphatic rings. The lowest BCUT2D eigenvalue weighted by molar-refractivity contribution is 0.331. The number of aromatic amines is 1. The molecule has 18 heavy (non-hydrogen) atoms. The first-order chi connectivity index (χ1) is 8.41. The first-order valence-electron chi connectivity index (χ1n) is 5.30. The molecule has 6 nitrogen and oxygen atoms in total. The fourth-order valence-electron chi connectivity index (χ4n) is 1.32. The zero-order valence-electron chi connectivity index (χ0n) is 10.2. The molecule has 2 N–H and O–H groups in total. The molecular formula is C11H12BrN5O. The van der Waals surface area contributed by atoms with Gasteiger partial charge in [-0.1, -0.05) is 25.9 Å². The normalized spacial score (nSPS) is 11.3. The quantitative estimate of drug-likeness (QED) is 0.889. The Morgan fingerprint density at radius 3 is 2.78 bits per heavy atom. The maximum absolute atomic E-state index is 8.98. The number of rotatable bonds is 2.